The number of hydrogen-bond donors (Lipinski definition) is 1. The minimum atomic E-state index is 0.180. The second-order valence-electron chi connectivity index (χ2n) is 4.15. The van der Waals surface area contributed by atoms with E-state index in [-0.39, 0.29) is 6.04 Å². The van der Waals surface area contributed by atoms with Crippen LogP contribution in [0.3, 0.4) is 0 Å². The highest BCUT2D eigenvalue weighted by atomic mass is 16.3. The molecule has 0 radical (unpaired) electrons. The summed E-state index contributed by atoms with van der Waals surface area (Å²) in [4.78, 5) is 8.41. The maximum Gasteiger partial charge on any atom is 0.125 e. The Morgan fingerprint density at radius 3 is 2.76 bits per heavy atom. The van der Waals surface area contributed by atoms with Crippen molar-refractivity contribution in [3.63, 3.8) is 0 Å². The third-order valence-corrected chi connectivity index (χ3v) is 2.61. The number of hydrogen-bond acceptors (Lipinski definition) is 4. The lowest BCUT2D eigenvalue weighted by Gasteiger charge is -2.10. The molecule has 0 aliphatic rings. The number of rotatable bonds is 4. The molecule has 0 saturated heterocycles. The van der Waals surface area contributed by atoms with Crippen LogP contribution in [-0.2, 0) is 6.54 Å². The number of furan rings is 1. The van der Waals surface area contributed by atoms with E-state index in [4.69, 9.17) is 4.42 Å². The monoisotopic (exact) mass is 231 g/mol. The molecule has 2 rings (SSSR count). The summed E-state index contributed by atoms with van der Waals surface area (Å²) in [7, 11) is 0. The van der Waals surface area contributed by atoms with Gasteiger partial charge in [-0.1, -0.05) is 0 Å². The van der Waals surface area contributed by atoms with Crippen molar-refractivity contribution < 1.29 is 4.42 Å². The lowest BCUT2D eigenvalue weighted by molar-refractivity contribution is 0.414. The molecule has 0 spiro atoms. The topological polar surface area (TPSA) is 51.0 Å². The van der Waals surface area contributed by atoms with E-state index in [0.717, 1.165) is 23.0 Å². The summed E-state index contributed by atoms with van der Waals surface area (Å²) in [5.41, 5.74) is 0.993. The second-order valence-corrected chi connectivity index (χ2v) is 4.15. The summed E-state index contributed by atoms with van der Waals surface area (Å²) in [6.45, 7) is 6.63. The molecule has 1 atom stereocenters. The highest BCUT2D eigenvalue weighted by Crippen LogP contribution is 2.15. The number of aryl methyl sites for hydroxylation is 2. The third-order valence-electron chi connectivity index (χ3n) is 2.61. The Hall–Kier alpha value is -1.68. The normalized spacial score (nSPS) is 12.6. The molecule has 0 aliphatic heterocycles. The van der Waals surface area contributed by atoms with E-state index in [1.165, 1.54) is 0 Å². The molecule has 2 heterocycles. The molecule has 90 valence electrons. The average Bonchev–Trinajstić information content (AvgIpc) is 2.73. The smallest absolute Gasteiger partial charge is 0.125 e. The molecular weight excluding hydrogens is 214 g/mol. The van der Waals surface area contributed by atoms with Gasteiger partial charge in [0.1, 0.15) is 17.3 Å². The van der Waals surface area contributed by atoms with Crippen molar-refractivity contribution in [2.45, 2.75) is 33.4 Å². The SMILES string of the molecule is Cc1nccc(CNC(C)c2ccc(C)o2)n1. The standard InChI is InChI=1S/C13H17N3O/c1-9-4-5-13(17-9)10(2)15-8-12-6-7-14-11(3)16-12/h4-7,10,15H,8H2,1-3H3. The van der Waals surface area contributed by atoms with Gasteiger partial charge in [0.2, 0.25) is 0 Å². The van der Waals surface area contributed by atoms with Gasteiger partial charge in [0.15, 0.2) is 0 Å². The molecule has 1 N–H and O–H groups in total. The van der Waals surface area contributed by atoms with Gasteiger partial charge in [0.05, 0.1) is 11.7 Å². The van der Waals surface area contributed by atoms with Crippen LogP contribution in [0.1, 0.15) is 36.0 Å². The molecule has 1 unspecified atom stereocenters. The Morgan fingerprint density at radius 2 is 2.12 bits per heavy atom. The molecule has 0 fully saturated rings. The summed E-state index contributed by atoms with van der Waals surface area (Å²) in [5, 5.41) is 3.37. The molecule has 2 aromatic rings. The maximum atomic E-state index is 5.56. The minimum absolute atomic E-state index is 0.180. The molecule has 4 heteroatoms. The van der Waals surface area contributed by atoms with E-state index >= 15 is 0 Å². The molecule has 0 bridgehead atoms. The Labute approximate surface area is 101 Å². The number of nitrogens with one attached hydrogen (secondary N) is 1. The summed E-state index contributed by atoms with van der Waals surface area (Å²) in [6.07, 6.45) is 1.78. The molecule has 0 saturated carbocycles. The van der Waals surface area contributed by atoms with Gasteiger partial charge in [0.25, 0.3) is 0 Å². The van der Waals surface area contributed by atoms with Crippen LogP contribution >= 0.6 is 0 Å². The first-order chi connectivity index (χ1) is 8.15. The van der Waals surface area contributed by atoms with Crippen LogP contribution in [0.4, 0.5) is 0 Å². The molecule has 4 nitrogen and oxygen atoms in total. The van der Waals surface area contributed by atoms with Gasteiger partial charge >= 0.3 is 0 Å². The van der Waals surface area contributed by atoms with E-state index in [0.29, 0.717) is 6.54 Å². The van der Waals surface area contributed by atoms with Gasteiger partial charge in [-0.15, -0.1) is 0 Å². The zero-order valence-electron chi connectivity index (χ0n) is 10.4. The van der Waals surface area contributed by atoms with Gasteiger partial charge in [-0.2, -0.15) is 0 Å². The highest BCUT2D eigenvalue weighted by Gasteiger charge is 2.08. The Bertz CT molecular complexity index is 493. The van der Waals surface area contributed by atoms with E-state index < -0.39 is 0 Å². The summed E-state index contributed by atoms with van der Waals surface area (Å²) < 4.78 is 5.56. The number of aromatic nitrogens is 2. The fraction of sp³-hybridized carbons (Fsp3) is 0.385. The van der Waals surface area contributed by atoms with Gasteiger partial charge in [0, 0.05) is 12.7 Å². The van der Waals surface area contributed by atoms with Crippen molar-refractivity contribution in [3.05, 3.63) is 47.4 Å². The van der Waals surface area contributed by atoms with Gasteiger partial charge in [-0.3, -0.25) is 0 Å². The van der Waals surface area contributed by atoms with E-state index in [2.05, 4.69) is 22.2 Å². The van der Waals surface area contributed by atoms with E-state index in [9.17, 15) is 0 Å². The fourth-order valence-corrected chi connectivity index (χ4v) is 1.65. The van der Waals surface area contributed by atoms with Crippen molar-refractivity contribution in [2.75, 3.05) is 0 Å². The fourth-order valence-electron chi connectivity index (χ4n) is 1.65. The van der Waals surface area contributed by atoms with Crippen LogP contribution in [0, 0.1) is 13.8 Å². The van der Waals surface area contributed by atoms with Crippen LogP contribution < -0.4 is 5.32 Å². The Balaban J connectivity index is 1.94. The molecule has 0 amide bonds. The molecule has 17 heavy (non-hydrogen) atoms. The molecule has 0 aliphatic carbocycles. The van der Waals surface area contributed by atoms with Crippen molar-refractivity contribution in [3.8, 4) is 0 Å². The Kier molecular flexibility index (Phi) is 3.54. The quantitative estimate of drug-likeness (QED) is 0.878. The molecule has 0 aromatic carbocycles. The predicted octanol–water partition coefficient (Wildman–Crippen LogP) is 2.54. The molecular formula is C13H17N3O. The van der Waals surface area contributed by atoms with Gasteiger partial charge in [-0.05, 0) is 39.0 Å². The summed E-state index contributed by atoms with van der Waals surface area (Å²) in [6, 6.07) is 6.07. The minimum Gasteiger partial charge on any atom is -0.465 e. The van der Waals surface area contributed by atoms with Crippen molar-refractivity contribution in [1.82, 2.24) is 15.3 Å². The zero-order valence-corrected chi connectivity index (χ0v) is 10.4. The first-order valence-corrected chi connectivity index (χ1v) is 5.73. The van der Waals surface area contributed by atoms with Crippen molar-refractivity contribution in [1.29, 1.82) is 0 Å². The first kappa shape index (κ1) is 11.8. The third kappa shape index (κ3) is 3.14. The van der Waals surface area contributed by atoms with Crippen LogP contribution in [-0.4, -0.2) is 9.97 Å². The predicted molar refractivity (Wildman–Crippen MR) is 65.5 cm³/mol. The van der Waals surface area contributed by atoms with Crippen LogP contribution in [0.25, 0.3) is 0 Å². The van der Waals surface area contributed by atoms with E-state index in [1.54, 1.807) is 6.20 Å². The average molecular weight is 231 g/mol. The lowest BCUT2D eigenvalue weighted by atomic mass is 10.2. The lowest BCUT2D eigenvalue weighted by Crippen LogP contribution is -2.18. The highest BCUT2D eigenvalue weighted by molar-refractivity contribution is 5.09. The molecule has 2 aromatic heterocycles. The van der Waals surface area contributed by atoms with Crippen LogP contribution in [0.5, 0.6) is 0 Å². The first-order valence-electron chi connectivity index (χ1n) is 5.73. The van der Waals surface area contributed by atoms with Crippen LogP contribution in [0.2, 0.25) is 0 Å². The zero-order chi connectivity index (χ0) is 12.3. The van der Waals surface area contributed by atoms with Crippen molar-refractivity contribution >= 4 is 0 Å². The Morgan fingerprint density at radius 1 is 1.29 bits per heavy atom. The largest absolute Gasteiger partial charge is 0.465 e. The van der Waals surface area contributed by atoms with Crippen molar-refractivity contribution in [2.24, 2.45) is 0 Å². The second kappa shape index (κ2) is 5.10. The van der Waals surface area contributed by atoms with Gasteiger partial charge in [-0.25, -0.2) is 9.97 Å². The summed E-state index contributed by atoms with van der Waals surface area (Å²) >= 11 is 0. The van der Waals surface area contributed by atoms with Gasteiger partial charge < -0.3 is 9.73 Å². The number of nitrogens with zero attached hydrogens (tertiary/aromatic N) is 2. The van der Waals surface area contributed by atoms with E-state index in [1.807, 2.05) is 32.0 Å². The summed E-state index contributed by atoms with van der Waals surface area (Å²) in [5.74, 6) is 2.69. The van der Waals surface area contributed by atoms with Crippen LogP contribution in [0.15, 0.2) is 28.8 Å². The maximum absolute atomic E-state index is 5.56.